The van der Waals surface area contributed by atoms with Crippen molar-refractivity contribution in [3.05, 3.63) is 24.3 Å². The van der Waals surface area contributed by atoms with Gasteiger partial charge in [0.25, 0.3) is 0 Å². The van der Waals surface area contributed by atoms with Gasteiger partial charge in [-0.05, 0) is 44.0 Å². The second kappa shape index (κ2) is 3.99. The molecule has 0 amide bonds. The maximum atomic E-state index is 4.61. The van der Waals surface area contributed by atoms with E-state index < -0.39 is 0 Å². The van der Waals surface area contributed by atoms with Crippen LogP contribution in [0.25, 0.3) is 11.0 Å². The number of H-pyrrole nitrogens is 1. The zero-order valence-electron chi connectivity index (χ0n) is 10.4. The summed E-state index contributed by atoms with van der Waals surface area (Å²) in [5.74, 6) is 1.75. The largest absolute Gasteiger partial charge is 0.351 e. The molecule has 0 spiro atoms. The van der Waals surface area contributed by atoms with E-state index in [1.54, 1.807) is 0 Å². The van der Waals surface area contributed by atoms with Crippen LogP contribution < -0.4 is 5.32 Å². The lowest BCUT2D eigenvalue weighted by Gasteiger charge is -2.44. The van der Waals surface area contributed by atoms with Crippen molar-refractivity contribution in [1.82, 2.24) is 14.9 Å². The minimum atomic E-state index is 0.563. The van der Waals surface area contributed by atoms with E-state index in [1.165, 1.54) is 32.5 Å². The van der Waals surface area contributed by atoms with Crippen LogP contribution in [0, 0.1) is 5.92 Å². The van der Waals surface area contributed by atoms with Gasteiger partial charge < -0.3 is 15.2 Å². The standard InChI is InChI=1S/C14H18N4/c1-2-4-12-11(3-1)15-14(16-12)17-13-9-18-7-5-10(13)6-8-18/h1-4,10,13H,5-9H2,(H2,15,16,17). The van der Waals surface area contributed by atoms with Crippen LogP contribution in [0.5, 0.6) is 0 Å². The molecular formula is C14H18N4. The van der Waals surface area contributed by atoms with Crippen molar-refractivity contribution in [3.63, 3.8) is 0 Å². The molecule has 0 radical (unpaired) electrons. The van der Waals surface area contributed by atoms with Gasteiger partial charge in [-0.15, -0.1) is 0 Å². The number of fused-ring (bicyclic) bond motifs is 4. The van der Waals surface area contributed by atoms with E-state index in [-0.39, 0.29) is 0 Å². The molecule has 3 saturated heterocycles. The van der Waals surface area contributed by atoms with Gasteiger partial charge in [-0.3, -0.25) is 0 Å². The topological polar surface area (TPSA) is 44.0 Å². The van der Waals surface area contributed by atoms with Crippen LogP contribution in [0.15, 0.2) is 24.3 Å². The van der Waals surface area contributed by atoms with Crippen molar-refractivity contribution in [1.29, 1.82) is 0 Å². The van der Waals surface area contributed by atoms with Crippen LogP contribution in [0.4, 0.5) is 5.95 Å². The Bertz CT molecular complexity index is 521. The number of imidazole rings is 1. The number of rotatable bonds is 2. The zero-order valence-corrected chi connectivity index (χ0v) is 10.4. The number of anilines is 1. The first-order valence-corrected chi connectivity index (χ1v) is 6.82. The van der Waals surface area contributed by atoms with Crippen LogP contribution in [-0.4, -0.2) is 40.5 Å². The van der Waals surface area contributed by atoms with Crippen LogP contribution in [0.1, 0.15) is 12.8 Å². The first-order chi connectivity index (χ1) is 8.88. The third kappa shape index (κ3) is 1.68. The summed E-state index contributed by atoms with van der Waals surface area (Å²) in [5.41, 5.74) is 2.16. The normalized spacial score (nSPS) is 30.8. The molecule has 0 saturated carbocycles. The Hall–Kier alpha value is -1.55. The van der Waals surface area contributed by atoms with Gasteiger partial charge in [0.1, 0.15) is 0 Å². The maximum Gasteiger partial charge on any atom is 0.201 e. The van der Waals surface area contributed by atoms with Crippen molar-refractivity contribution < 1.29 is 0 Å². The Kier molecular flexibility index (Phi) is 2.30. The Morgan fingerprint density at radius 3 is 2.78 bits per heavy atom. The molecule has 0 aliphatic carbocycles. The SMILES string of the molecule is c1ccc2[nH]c(NC3CN4CCC3CC4)nc2c1. The summed E-state index contributed by atoms with van der Waals surface area (Å²) in [7, 11) is 0. The number of aromatic amines is 1. The summed E-state index contributed by atoms with van der Waals surface area (Å²) in [4.78, 5) is 10.5. The number of nitrogens with one attached hydrogen (secondary N) is 2. The molecule has 94 valence electrons. The van der Waals surface area contributed by atoms with E-state index in [9.17, 15) is 0 Å². The van der Waals surface area contributed by atoms with Crippen LogP contribution in [-0.2, 0) is 0 Å². The number of para-hydroxylation sites is 2. The van der Waals surface area contributed by atoms with Gasteiger partial charge in [0.15, 0.2) is 0 Å². The molecule has 4 heterocycles. The first-order valence-electron chi connectivity index (χ1n) is 6.82. The molecule has 4 nitrogen and oxygen atoms in total. The number of piperidine rings is 3. The molecule has 2 bridgehead atoms. The second-order valence-corrected chi connectivity index (χ2v) is 5.49. The highest BCUT2D eigenvalue weighted by molar-refractivity contribution is 5.77. The molecule has 2 N–H and O–H groups in total. The Morgan fingerprint density at radius 1 is 1.22 bits per heavy atom. The third-order valence-electron chi connectivity index (χ3n) is 4.37. The first kappa shape index (κ1) is 10.4. The smallest absolute Gasteiger partial charge is 0.201 e. The second-order valence-electron chi connectivity index (χ2n) is 5.49. The number of benzene rings is 1. The van der Waals surface area contributed by atoms with Gasteiger partial charge in [0, 0.05) is 12.6 Å². The summed E-state index contributed by atoms with van der Waals surface area (Å²) < 4.78 is 0. The van der Waals surface area contributed by atoms with Crippen LogP contribution in [0.2, 0.25) is 0 Å². The predicted octanol–water partition coefficient (Wildman–Crippen LogP) is 2.07. The molecule has 1 aromatic carbocycles. The summed E-state index contributed by atoms with van der Waals surface area (Å²) in [6, 6.07) is 8.75. The fourth-order valence-electron chi connectivity index (χ4n) is 3.33. The van der Waals surface area contributed by atoms with Crippen LogP contribution >= 0.6 is 0 Å². The molecule has 2 aromatic rings. The van der Waals surface area contributed by atoms with E-state index >= 15 is 0 Å². The van der Waals surface area contributed by atoms with Gasteiger partial charge in [-0.1, -0.05) is 12.1 Å². The lowest BCUT2D eigenvalue weighted by molar-refractivity contribution is 0.0972. The van der Waals surface area contributed by atoms with Gasteiger partial charge >= 0.3 is 0 Å². The van der Waals surface area contributed by atoms with E-state index in [4.69, 9.17) is 0 Å². The van der Waals surface area contributed by atoms with Crippen LogP contribution in [0.3, 0.4) is 0 Å². The summed E-state index contributed by atoms with van der Waals surface area (Å²) >= 11 is 0. The molecule has 1 unspecified atom stereocenters. The number of hydrogen-bond acceptors (Lipinski definition) is 3. The fraction of sp³-hybridized carbons (Fsp3) is 0.500. The molecule has 5 rings (SSSR count). The van der Waals surface area contributed by atoms with Gasteiger partial charge in [0.05, 0.1) is 11.0 Å². The summed E-state index contributed by atoms with van der Waals surface area (Å²) in [5, 5.41) is 3.59. The Labute approximate surface area is 106 Å². The van der Waals surface area contributed by atoms with Crippen molar-refractivity contribution in [2.24, 2.45) is 5.92 Å². The molecule has 3 fully saturated rings. The highest BCUT2D eigenvalue weighted by atomic mass is 15.2. The molecule has 1 aromatic heterocycles. The molecule has 1 atom stereocenters. The lowest BCUT2D eigenvalue weighted by Crippen LogP contribution is -2.53. The predicted molar refractivity (Wildman–Crippen MR) is 72.7 cm³/mol. The van der Waals surface area contributed by atoms with Gasteiger partial charge in [0.2, 0.25) is 5.95 Å². The monoisotopic (exact) mass is 242 g/mol. The van der Waals surface area contributed by atoms with E-state index in [1.807, 2.05) is 18.2 Å². The number of hydrogen-bond donors (Lipinski definition) is 2. The molecule has 18 heavy (non-hydrogen) atoms. The Balaban J connectivity index is 1.57. The maximum absolute atomic E-state index is 4.61. The number of aromatic nitrogens is 2. The fourth-order valence-corrected chi connectivity index (χ4v) is 3.33. The molecule has 4 heteroatoms. The van der Waals surface area contributed by atoms with E-state index in [0.717, 1.165) is 22.9 Å². The van der Waals surface area contributed by atoms with E-state index in [0.29, 0.717) is 6.04 Å². The average molecular weight is 242 g/mol. The summed E-state index contributed by atoms with van der Waals surface area (Å²) in [6.45, 7) is 3.73. The third-order valence-corrected chi connectivity index (χ3v) is 4.37. The van der Waals surface area contributed by atoms with Crippen molar-refractivity contribution >= 4 is 17.0 Å². The van der Waals surface area contributed by atoms with Crippen molar-refractivity contribution in [2.75, 3.05) is 25.0 Å². The molecule has 3 aliphatic heterocycles. The summed E-state index contributed by atoms with van der Waals surface area (Å²) in [6.07, 6.45) is 2.66. The highest BCUT2D eigenvalue weighted by Gasteiger charge is 2.34. The molecular weight excluding hydrogens is 224 g/mol. The minimum Gasteiger partial charge on any atom is -0.351 e. The van der Waals surface area contributed by atoms with E-state index in [2.05, 4.69) is 26.3 Å². The highest BCUT2D eigenvalue weighted by Crippen LogP contribution is 2.29. The van der Waals surface area contributed by atoms with Gasteiger partial charge in [-0.25, -0.2) is 4.98 Å². The van der Waals surface area contributed by atoms with Crippen molar-refractivity contribution in [3.8, 4) is 0 Å². The van der Waals surface area contributed by atoms with Gasteiger partial charge in [-0.2, -0.15) is 0 Å². The lowest BCUT2D eigenvalue weighted by atomic mass is 9.84. The molecule has 3 aliphatic rings. The quantitative estimate of drug-likeness (QED) is 0.847. The Morgan fingerprint density at radius 2 is 2.06 bits per heavy atom. The van der Waals surface area contributed by atoms with Crippen molar-refractivity contribution in [2.45, 2.75) is 18.9 Å². The zero-order chi connectivity index (χ0) is 11.9. The average Bonchev–Trinajstić information content (AvgIpc) is 2.82. The number of nitrogens with zero attached hydrogens (tertiary/aromatic N) is 2. The minimum absolute atomic E-state index is 0.563.